The average molecular weight is 406 g/mol. The van der Waals surface area contributed by atoms with Gasteiger partial charge in [0.05, 0.1) is 12.3 Å². The van der Waals surface area contributed by atoms with Crippen LogP contribution in [0.1, 0.15) is 37.0 Å². The van der Waals surface area contributed by atoms with Crippen LogP contribution in [-0.4, -0.2) is 71.0 Å². The van der Waals surface area contributed by atoms with Gasteiger partial charge in [-0.2, -0.15) is 0 Å². The van der Waals surface area contributed by atoms with Gasteiger partial charge in [-0.15, -0.1) is 11.8 Å². The lowest BCUT2D eigenvalue weighted by Crippen LogP contribution is -2.47. The van der Waals surface area contributed by atoms with Crippen LogP contribution in [0.4, 0.5) is 10.5 Å². The van der Waals surface area contributed by atoms with Crippen molar-refractivity contribution in [2.75, 3.05) is 37.3 Å². The first kappa shape index (κ1) is 20.5. The fourth-order valence-electron chi connectivity index (χ4n) is 3.44. The molecule has 8 heteroatoms. The molecule has 0 atom stereocenters. The molecule has 0 aliphatic carbocycles. The summed E-state index contributed by atoms with van der Waals surface area (Å²) in [5.74, 6) is 0.355. The van der Waals surface area contributed by atoms with Crippen LogP contribution >= 0.6 is 11.8 Å². The van der Waals surface area contributed by atoms with Gasteiger partial charge in [0.1, 0.15) is 6.61 Å². The van der Waals surface area contributed by atoms with E-state index < -0.39 is 0 Å². The fourth-order valence-corrected chi connectivity index (χ4v) is 3.99. The summed E-state index contributed by atoms with van der Waals surface area (Å²) in [4.78, 5) is 39.9. The molecule has 0 radical (unpaired) electrons. The molecule has 0 aromatic heterocycles. The molecule has 2 saturated heterocycles. The Labute approximate surface area is 169 Å². The maximum Gasteiger partial charge on any atom is 0.410 e. The van der Waals surface area contributed by atoms with Crippen molar-refractivity contribution in [3.8, 4) is 0 Å². The third kappa shape index (κ3) is 5.19. The molecular formula is C20H27N3O4S. The molecule has 3 amide bonds. The van der Waals surface area contributed by atoms with Gasteiger partial charge in [0.15, 0.2) is 0 Å². The number of rotatable bonds is 6. The Bertz CT molecular complexity index is 715. The first-order valence-corrected chi connectivity index (χ1v) is 10.7. The topological polar surface area (TPSA) is 79.0 Å². The number of hydrogen-bond donors (Lipinski definition) is 1. The molecule has 7 nitrogen and oxygen atoms in total. The van der Waals surface area contributed by atoms with Gasteiger partial charge in [0, 0.05) is 30.4 Å². The van der Waals surface area contributed by atoms with E-state index in [2.05, 4.69) is 19.2 Å². The highest BCUT2D eigenvalue weighted by atomic mass is 32.2. The minimum atomic E-state index is -0.241. The first-order chi connectivity index (χ1) is 13.4. The van der Waals surface area contributed by atoms with Gasteiger partial charge in [-0.1, -0.05) is 13.8 Å². The van der Waals surface area contributed by atoms with Crippen molar-refractivity contribution in [3.05, 3.63) is 29.8 Å². The van der Waals surface area contributed by atoms with Gasteiger partial charge < -0.3 is 19.9 Å². The summed E-state index contributed by atoms with van der Waals surface area (Å²) in [5.41, 5.74) is 1.30. The quantitative estimate of drug-likeness (QED) is 0.787. The Morgan fingerprint density at radius 1 is 1.18 bits per heavy atom. The van der Waals surface area contributed by atoms with E-state index in [1.54, 1.807) is 40.9 Å². The predicted octanol–water partition coefficient (Wildman–Crippen LogP) is 2.82. The standard InChI is InChI=1S/C20H27N3O4S/c1-14(2)28-13-18(24)21-16-5-3-15(4-6-16)19(25)22-9-7-17(8-10-22)23-11-12-27-20(23)26/h3-6,14,17H,7-13H2,1-2H3,(H,21,24). The molecule has 152 valence electrons. The minimum absolute atomic E-state index is 0.0179. The summed E-state index contributed by atoms with van der Waals surface area (Å²) >= 11 is 1.59. The number of nitrogens with zero attached hydrogens (tertiary/aromatic N) is 2. The number of benzene rings is 1. The van der Waals surface area contributed by atoms with Crippen LogP contribution in [-0.2, 0) is 9.53 Å². The molecule has 2 aliphatic rings. The molecule has 2 aliphatic heterocycles. The molecule has 28 heavy (non-hydrogen) atoms. The highest BCUT2D eigenvalue weighted by molar-refractivity contribution is 8.00. The largest absolute Gasteiger partial charge is 0.448 e. The number of hydrogen-bond acceptors (Lipinski definition) is 5. The van der Waals surface area contributed by atoms with Crippen LogP contribution in [0, 0.1) is 0 Å². The number of anilines is 1. The van der Waals surface area contributed by atoms with Crippen LogP contribution in [0.3, 0.4) is 0 Å². The van der Waals surface area contributed by atoms with Crippen LogP contribution in [0.25, 0.3) is 0 Å². The van der Waals surface area contributed by atoms with E-state index >= 15 is 0 Å². The van der Waals surface area contributed by atoms with Crippen molar-refractivity contribution in [1.29, 1.82) is 0 Å². The Balaban J connectivity index is 1.49. The van der Waals surface area contributed by atoms with E-state index in [9.17, 15) is 14.4 Å². The second-order valence-corrected chi connectivity index (χ2v) is 8.88. The minimum Gasteiger partial charge on any atom is -0.448 e. The smallest absolute Gasteiger partial charge is 0.410 e. The number of ether oxygens (including phenoxy) is 1. The number of piperidine rings is 1. The maximum absolute atomic E-state index is 12.7. The van der Waals surface area contributed by atoms with E-state index in [4.69, 9.17) is 4.74 Å². The number of likely N-dealkylation sites (tertiary alicyclic amines) is 1. The lowest BCUT2D eigenvalue weighted by Gasteiger charge is -2.35. The Morgan fingerprint density at radius 3 is 2.43 bits per heavy atom. The predicted molar refractivity (Wildman–Crippen MR) is 110 cm³/mol. The molecule has 1 aromatic carbocycles. The number of carbonyl (C=O) groups excluding carboxylic acids is 3. The van der Waals surface area contributed by atoms with E-state index in [0.717, 1.165) is 12.8 Å². The van der Waals surface area contributed by atoms with Crippen molar-refractivity contribution < 1.29 is 19.1 Å². The summed E-state index contributed by atoms with van der Waals surface area (Å²) in [6, 6.07) is 7.17. The second-order valence-electron chi connectivity index (χ2n) is 7.32. The van der Waals surface area contributed by atoms with E-state index in [0.29, 0.717) is 48.5 Å². The van der Waals surface area contributed by atoms with Crippen LogP contribution in [0.2, 0.25) is 0 Å². The van der Waals surface area contributed by atoms with E-state index in [1.807, 2.05) is 4.90 Å². The molecule has 2 heterocycles. The third-order valence-corrected chi connectivity index (χ3v) is 6.04. The molecule has 2 fully saturated rings. The van der Waals surface area contributed by atoms with Crippen LogP contribution < -0.4 is 5.32 Å². The van der Waals surface area contributed by atoms with Crippen molar-refractivity contribution in [2.24, 2.45) is 0 Å². The summed E-state index contributed by atoms with van der Waals surface area (Å²) in [5, 5.41) is 3.26. The Morgan fingerprint density at radius 2 is 1.86 bits per heavy atom. The Hall–Kier alpha value is -2.22. The molecule has 0 saturated carbocycles. The number of carbonyl (C=O) groups is 3. The van der Waals surface area contributed by atoms with Gasteiger partial charge >= 0.3 is 6.09 Å². The Kier molecular flexibility index (Phi) is 6.83. The van der Waals surface area contributed by atoms with Crippen LogP contribution in [0.15, 0.2) is 24.3 Å². The lowest BCUT2D eigenvalue weighted by atomic mass is 10.0. The van der Waals surface area contributed by atoms with Gasteiger partial charge in [-0.3, -0.25) is 9.59 Å². The van der Waals surface area contributed by atoms with E-state index in [1.165, 1.54) is 0 Å². The zero-order valence-corrected chi connectivity index (χ0v) is 17.2. The van der Waals surface area contributed by atoms with Crippen molar-refractivity contribution in [1.82, 2.24) is 9.80 Å². The fraction of sp³-hybridized carbons (Fsp3) is 0.550. The monoisotopic (exact) mass is 405 g/mol. The molecule has 3 rings (SSSR count). The molecule has 0 spiro atoms. The molecule has 1 aromatic rings. The summed E-state index contributed by atoms with van der Waals surface area (Å²) in [6.45, 7) is 6.45. The molecule has 0 bridgehead atoms. The van der Waals surface area contributed by atoms with E-state index in [-0.39, 0.29) is 23.9 Å². The van der Waals surface area contributed by atoms with Gasteiger partial charge in [-0.05, 0) is 42.4 Å². The molecule has 0 unspecified atom stereocenters. The van der Waals surface area contributed by atoms with Crippen molar-refractivity contribution in [3.63, 3.8) is 0 Å². The summed E-state index contributed by atoms with van der Waals surface area (Å²) in [7, 11) is 0. The SMILES string of the molecule is CC(C)SCC(=O)Nc1ccc(C(=O)N2CCC(N3CCOC3=O)CC2)cc1. The van der Waals surface area contributed by atoms with Crippen LogP contribution in [0.5, 0.6) is 0 Å². The highest BCUT2D eigenvalue weighted by Crippen LogP contribution is 2.22. The maximum atomic E-state index is 12.7. The second kappa shape index (κ2) is 9.32. The van der Waals surface area contributed by atoms with Gasteiger partial charge in [0.25, 0.3) is 5.91 Å². The molecular weight excluding hydrogens is 378 g/mol. The summed E-state index contributed by atoms with van der Waals surface area (Å²) in [6.07, 6.45) is 1.29. The number of nitrogens with one attached hydrogen (secondary N) is 1. The van der Waals surface area contributed by atoms with Gasteiger partial charge in [-0.25, -0.2) is 4.79 Å². The zero-order chi connectivity index (χ0) is 20.1. The van der Waals surface area contributed by atoms with Crippen molar-refractivity contribution in [2.45, 2.75) is 38.0 Å². The number of amides is 3. The molecule has 1 N–H and O–H groups in total. The normalized spacial score (nSPS) is 17.8. The van der Waals surface area contributed by atoms with Crippen molar-refractivity contribution >= 4 is 35.4 Å². The average Bonchev–Trinajstić information content (AvgIpc) is 3.12. The number of cyclic esters (lactones) is 1. The highest BCUT2D eigenvalue weighted by Gasteiger charge is 2.33. The van der Waals surface area contributed by atoms with Gasteiger partial charge in [0.2, 0.25) is 5.91 Å². The third-order valence-electron chi connectivity index (χ3n) is 4.95. The summed E-state index contributed by atoms with van der Waals surface area (Å²) < 4.78 is 5.00. The lowest BCUT2D eigenvalue weighted by molar-refractivity contribution is -0.113. The number of thioether (sulfide) groups is 1. The first-order valence-electron chi connectivity index (χ1n) is 9.68. The zero-order valence-electron chi connectivity index (χ0n) is 16.3.